The summed E-state index contributed by atoms with van der Waals surface area (Å²) in [6.07, 6.45) is 3.23. The van der Waals surface area contributed by atoms with E-state index in [4.69, 9.17) is 4.74 Å². The molecule has 0 aliphatic heterocycles. The lowest BCUT2D eigenvalue weighted by Gasteiger charge is -2.08. The summed E-state index contributed by atoms with van der Waals surface area (Å²) in [5, 5.41) is 7.57. The summed E-state index contributed by atoms with van der Waals surface area (Å²) in [6, 6.07) is 7.60. The number of ether oxygens (including phenoxy) is 1. The molecule has 2 aromatic rings. The van der Waals surface area contributed by atoms with E-state index < -0.39 is 0 Å². The highest BCUT2D eigenvalue weighted by Gasteiger charge is 2.15. The Labute approximate surface area is 144 Å². The molecule has 0 aliphatic carbocycles. The molecule has 0 bridgehead atoms. The van der Waals surface area contributed by atoms with E-state index in [9.17, 15) is 4.79 Å². The highest BCUT2D eigenvalue weighted by atomic mass is 16.5. The molecular formula is C19H27N3O2. The minimum absolute atomic E-state index is 0.0489. The van der Waals surface area contributed by atoms with Crippen molar-refractivity contribution in [3.05, 3.63) is 41.2 Å². The summed E-state index contributed by atoms with van der Waals surface area (Å²) in [5.74, 6) is 0.778. The average molecular weight is 329 g/mol. The zero-order chi connectivity index (χ0) is 17.5. The number of hydrogen-bond donors (Lipinski definition) is 1. The maximum Gasteiger partial charge on any atom is 0.266 e. The second kappa shape index (κ2) is 8.52. The quantitative estimate of drug-likeness (QED) is 0.795. The molecule has 0 spiro atoms. The molecule has 1 N–H and O–H groups in total. The number of rotatable bonds is 8. The van der Waals surface area contributed by atoms with E-state index in [1.54, 1.807) is 0 Å². The van der Waals surface area contributed by atoms with Crippen LogP contribution in [0.3, 0.4) is 0 Å². The predicted octanol–water partition coefficient (Wildman–Crippen LogP) is 3.99. The van der Waals surface area contributed by atoms with Crippen LogP contribution in [0.4, 0.5) is 5.69 Å². The first-order valence-corrected chi connectivity index (χ1v) is 8.61. The second-order valence-corrected chi connectivity index (χ2v) is 5.87. The molecule has 0 saturated carbocycles. The fraction of sp³-hybridized carbons (Fsp3) is 0.474. The predicted molar refractivity (Wildman–Crippen MR) is 97.0 cm³/mol. The normalized spacial score (nSPS) is 10.7. The highest BCUT2D eigenvalue weighted by Crippen LogP contribution is 2.17. The van der Waals surface area contributed by atoms with Crippen LogP contribution in [0.25, 0.3) is 0 Å². The molecule has 0 aliphatic rings. The van der Waals surface area contributed by atoms with Gasteiger partial charge in [0, 0.05) is 11.4 Å². The van der Waals surface area contributed by atoms with Crippen LogP contribution in [0.2, 0.25) is 0 Å². The van der Waals surface area contributed by atoms with Crippen LogP contribution in [-0.2, 0) is 6.42 Å². The molecule has 2 rings (SSSR count). The summed E-state index contributed by atoms with van der Waals surface area (Å²) in [7, 11) is 0. The minimum Gasteiger partial charge on any atom is -0.494 e. The van der Waals surface area contributed by atoms with Crippen LogP contribution < -0.4 is 10.1 Å². The van der Waals surface area contributed by atoms with Gasteiger partial charge in [-0.25, -0.2) is 4.68 Å². The van der Waals surface area contributed by atoms with Crippen LogP contribution in [0.1, 0.15) is 48.4 Å². The summed E-state index contributed by atoms with van der Waals surface area (Å²) in [6.45, 7) is 8.92. The van der Waals surface area contributed by atoms with Gasteiger partial charge in [-0.3, -0.25) is 4.79 Å². The monoisotopic (exact) mass is 329 g/mol. The van der Waals surface area contributed by atoms with Crippen molar-refractivity contribution in [1.82, 2.24) is 9.78 Å². The number of nitrogens with zero attached hydrogens (tertiary/aromatic N) is 2. The van der Waals surface area contributed by atoms with Gasteiger partial charge in [0.1, 0.15) is 5.75 Å². The number of nitrogens with one attached hydrogen (secondary N) is 1. The molecule has 24 heavy (non-hydrogen) atoms. The SMILES string of the molecule is CCCCc1c(C)nn(C(=O)CNc2ccc(OCC)cc2)c1C. The third-order valence-electron chi connectivity index (χ3n) is 4.07. The standard InChI is InChI=1S/C19H27N3O2/c1-5-7-8-18-14(3)21-22(15(18)4)19(23)13-20-16-9-11-17(12-10-16)24-6-2/h9-12,20H,5-8,13H2,1-4H3. The number of benzene rings is 1. The van der Waals surface area contributed by atoms with Gasteiger partial charge in [0.15, 0.2) is 0 Å². The van der Waals surface area contributed by atoms with Crippen LogP contribution in [-0.4, -0.2) is 28.8 Å². The van der Waals surface area contributed by atoms with E-state index in [0.717, 1.165) is 42.1 Å². The molecular weight excluding hydrogens is 302 g/mol. The molecule has 0 unspecified atom stereocenters. The third kappa shape index (κ3) is 4.37. The molecule has 1 heterocycles. The number of aromatic nitrogens is 2. The van der Waals surface area contributed by atoms with Gasteiger partial charge in [0.05, 0.1) is 18.8 Å². The molecule has 0 saturated heterocycles. The first-order valence-electron chi connectivity index (χ1n) is 8.61. The molecule has 1 aromatic heterocycles. The van der Waals surface area contributed by atoms with Crippen molar-refractivity contribution in [3.63, 3.8) is 0 Å². The summed E-state index contributed by atoms with van der Waals surface area (Å²) < 4.78 is 6.94. The maximum absolute atomic E-state index is 12.5. The maximum atomic E-state index is 12.5. The lowest BCUT2D eigenvalue weighted by Crippen LogP contribution is -2.23. The zero-order valence-electron chi connectivity index (χ0n) is 15.1. The van der Waals surface area contributed by atoms with Crippen molar-refractivity contribution < 1.29 is 9.53 Å². The Hall–Kier alpha value is -2.30. The van der Waals surface area contributed by atoms with Gasteiger partial charge >= 0.3 is 0 Å². The fourth-order valence-electron chi connectivity index (χ4n) is 2.72. The van der Waals surface area contributed by atoms with Gasteiger partial charge in [-0.05, 0) is 63.4 Å². The summed E-state index contributed by atoms with van der Waals surface area (Å²) in [4.78, 5) is 12.5. The molecule has 0 radical (unpaired) electrons. The van der Waals surface area contributed by atoms with Crippen molar-refractivity contribution in [2.75, 3.05) is 18.5 Å². The molecule has 5 nitrogen and oxygen atoms in total. The van der Waals surface area contributed by atoms with Gasteiger partial charge in [-0.15, -0.1) is 0 Å². The van der Waals surface area contributed by atoms with Crippen molar-refractivity contribution >= 4 is 11.6 Å². The van der Waals surface area contributed by atoms with Crippen molar-refractivity contribution in [2.24, 2.45) is 0 Å². The fourth-order valence-corrected chi connectivity index (χ4v) is 2.72. The number of hydrogen-bond acceptors (Lipinski definition) is 4. The van der Waals surface area contributed by atoms with Crippen LogP contribution in [0.5, 0.6) is 5.75 Å². The van der Waals surface area contributed by atoms with Gasteiger partial charge in [0.2, 0.25) is 0 Å². The van der Waals surface area contributed by atoms with E-state index in [2.05, 4.69) is 17.3 Å². The lowest BCUT2D eigenvalue weighted by atomic mass is 10.1. The van der Waals surface area contributed by atoms with Crippen molar-refractivity contribution in [1.29, 1.82) is 0 Å². The zero-order valence-corrected chi connectivity index (χ0v) is 15.1. The van der Waals surface area contributed by atoms with Gasteiger partial charge in [0.25, 0.3) is 5.91 Å². The highest BCUT2D eigenvalue weighted by molar-refractivity contribution is 5.83. The van der Waals surface area contributed by atoms with Gasteiger partial charge < -0.3 is 10.1 Å². The molecule has 1 aromatic carbocycles. The van der Waals surface area contributed by atoms with Crippen molar-refractivity contribution in [2.45, 2.75) is 47.0 Å². The summed E-state index contributed by atoms with van der Waals surface area (Å²) >= 11 is 0. The van der Waals surface area contributed by atoms with Crippen LogP contribution in [0, 0.1) is 13.8 Å². The molecule has 0 amide bonds. The molecule has 0 fully saturated rings. The van der Waals surface area contributed by atoms with E-state index >= 15 is 0 Å². The first-order chi connectivity index (χ1) is 11.6. The number of carbonyl (C=O) groups excluding carboxylic acids is 1. The van der Waals surface area contributed by atoms with E-state index in [0.29, 0.717) is 6.61 Å². The van der Waals surface area contributed by atoms with Gasteiger partial charge in [-0.2, -0.15) is 5.10 Å². The van der Waals surface area contributed by atoms with E-state index in [1.807, 2.05) is 45.0 Å². The Bertz CT molecular complexity index is 675. The van der Waals surface area contributed by atoms with Crippen LogP contribution in [0.15, 0.2) is 24.3 Å². The van der Waals surface area contributed by atoms with E-state index in [1.165, 1.54) is 10.2 Å². The Morgan fingerprint density at radius 1 is 1.21 bits per heavy atom. The Balaban J connectivity index is 1.99. The largest absolute Gasteiger partial charge is 0.494 e. The molecule has 130 valence electrons. The smallest absolute Gasteiger partial charge is 0.266 e. The number of carbonyl (C=O) groups is 1. The summed E-state index contributed by atoms with van der Waals surface area (Å²) in [5.41, 5.74) is 4.00. The third-order valence-corrected chi connectivity index (χ3v) is 4.07. The Morgan fingerprint density at radius 2 is 1.92 bits per heavy atom. The molecule has 0 atom stereocenters. The number of anilines is 1. The van der Waals surface area contributed by atoms with Crippen molar-refractivity contribution in [3.8, 4) is 5.75 Å². The average Bonchev–Trinajstić information content (AvgIpc) is 2.87. The van der Waals surface area contributed by atoms with E-state index in [-0.39, 0.29) is 12.5 Å². The Morgan fingerprint density at radius 3 is 2.54 bits per heavy atom. The topological polar surface area (TPSA) is 56.2 Å². The Kier molecular flexibility index (Phi) is 6.41. The lowest BCUT2D eigenvalue weighted by molar-refractivity contribution is 0.0910. The van der Waals surface area contributed by atoms with Crippen LogP contribution >= 0.6 is 0 Å². The number of aryl methyl sites for hydroxylation is 1. The number of unbranched alkanes of at least 4 members (excludes halogenated alkanes) is 1. The molecule has 5 heteroatoms. The van der Waals surface area contributed by atoms with Gasteiger partial charge in [-0.1, -0.05) is 13.3 Å². The first kappa shape index (κ1) is 18.0. The minimum atomic E-state index is -0.0489. The second-order valence-electron chi connectivity index (χ2n) is 5.87.